The molecule has 0 spiro atoms. The molecule has 0 amide bonds. The van der Waals surface area contributed by atoms with E-state index in [1.165, 1.54) is 0 Å². The van der Waals surface area contributed by atoms with Crippen LogP contribution >= 0.6 is 22.9 Å². The Kier molecular flexibility index (Phi) is 7.99. The van der Waals surface area contributed by atoms with Crippen LogP contribution in [0.25, 0.3) is 32.0 Å². The minimum Gasteiger partial charge on any atom is -0.360 e. The number of anilines is 1. The average Bonchev–Trinajstić information content (AvgIpc) is 3.32. The van der Waals surface area contributed by atoms with E-state index in [0.29, 0.717) is 11.1 Å². The molecule has 0 N–H and O–H groups in total. The molecule has 2 aromatic carbocycles. The van der Waals surface area contributed by atoms with Gasteiger partial charge in [0.05, 0.1) is 15.8 Å². The third-order valence-electron chi connectivity index (χ3n) is 7.27. The van der Waals surface area contributed by atoms with Crippen molar-refractivity contribution < 1.29 is 9.53 Å². The Balaban J connectivity index is 1.67. The van der Waals surface area contributed by atoms with Crippen molar-refractivity contribution in [2.75, 3.05) is 31.6 Å². The molecule has 210 valence electrons. The lowest BCUT2D eigenvalue weighted by Gasteiger charge is -2.37. The number of carbonyl (C=O) groups excluding carboxylic acids is 1. The lowest BCUT2D eigenvalue weighted by Crippen LogP contribution is -2.50. The standard InChI is InChI=1S/C31H36ClN5O2S/c1-18-16-24-28(26(21-8-10-22(32)11-9-21)25(18)27(20(3)38)39-31(4,5)6)40-29(34-24)23-12-13-33-30(35-23)37-15-14-36(7)19(2)17-37/h8-13,16,19,27H,14-15,17H2,1-7H3/t19-,27-/m1/s1. The molecule has 0 radical (unpaired) electrons. The minimum absolute atomic E-state index is 0.0424. The number of rotatable bonds is 6. The molecule has 4 aromatic rings. The highest BCUT2D eigenvalue weighted by molar-refractivity contribution is 7.22. The van der Waals surface area contributed by atoms with Crippen LogP contribution < -0.4 is 4.90 Å². The number of likely N-dealkylation sites (N-methyl/N-ethyl adjacent to an activating group) is 1. The van der Waals surface area contributed by atoms with Gasteiger partial charge in [0.15, 0.2) is 5.78 Å². The molecule has 1 saturated heterocycles. The van der Waals surface area contributed by atoms with Crippen LogP contribution in [0.4, 0.5) is 5.95 Å². The number of ketones is 1. The maximum atomic E-state index is 13.0. The van der Waals surface area contributed by atoms with Crippen LogP contribution in [-0.4, -0.2) is 64.0 Å². The second-order valence-corrected chi connectivity index (χ2v) is 13.0. The Morgan fingerprint density at radius 3 is 2.52 bits per heavy atom. The van der Waals surface area contributed by atoms with Gasteiger partial charge in [0.25, 0.3) is 0 Å². The molecule has 2 atom stereocenters. The highest BCUT2D eigenvalue weighted by atomic mass is 35.5. The highest BCUT2D eigenvalue weighted by Gasteiger charge is 2.31. The zero-order chi connectivity index (χ0) is 28.8. The van der Waals surface area contributed by atoms with Gasteiger partial charge in [0, 0.05) is 48.0 Å². The molecule has 1 fully saturated rings. The predicted octanol–water partition coefficient (Wildman–Crippen LogP) is 6.97. The molecule has 0 saturated carbocycles. The van der Waals surface area contributed by atoms with Crippen molar-refractivity contribution in [3.05, 3.63) is 58.7 Å². The third-order valence-corrected chi connectivity index (χ3v) is 8.63. The van der Waals surface area contributed by atoms with Crippen molar-refractivity contribution in [2.24, 2.45) is 0 Å². The van der Waals surface area contributed by atoms with E-state index in [0.717, 1.165) is 68.8 Å². The lowest BCUT2D eigenvalue weighted by atomic mass is 9.90. The minimum atomic E-state index is -0.717. The largest absolute Gasteiger partial charge is 0.360 e. The van der Waals surface area contributed by atoms with Crippen LogP contribution in [0.5, 0.6) is 0 Å². The molecule has 1 aliphatic rings. The summed E-state index contributed by atoms with van der Waals surface area (Å²) in [4.78, 5) is 32.2. The number of benzene rings is 2. The summed E-state index contributed by atoms with van der Waals surface area (Å²) in [6.45, 7) is 14.5. The Hall–Kier alpha value is -2.91. The van der Waals surface area contributed by atoms with Crippen molar-refractivity contribution >= 4 is 44.9 Å². The first-order valence-corrected chi connectivity index (χ1v) is 14.8. The predicted molar refractivity (Wildman–Crippen MR) is 164 cm³/mol. The molecular formula is C31H36ClN5O2S. The average molecular weight is 578 g/mol. The second kappa shape index (κ2) is 11.2. The number of ether oxygens (including phenoxy) is 1. The van der Waals surface area contributed by atoms with Crippen LogP contribution in [0.2, 0.25) is 5.02 Å². The molecular weight excluding hydrogens is 542 g/mol. The fourth-order valence-corrected chi connectivity index (χ4v) is 6.33. The third kappa shape index (κ3) is 5.91. The summed E-state index contributed by atoms with van der Waals surface area (Å²) < 4.78 is 7.35. The van der Waals surface area contributed by atoms with Crippen molar-refractivity contribution in [2.45, 2.75) is 59.3 Å². The van der Waals surface area contributed by atoms with Crippen molar-refractivity contribution in [3.63, 3.8) is 0 Å². The zero-order valence-corrected chi connectivity index (χ0v) is 25.7. The smallest absolute Gasteiger partial charge is 0.226 e. The Morgan fingerprint density at radius 1 is 1.15 bits per heavy atom. The van der Waals surface area contributed by atoms with Crippen LogP contribution in [0.15, 0.2) is 42.6 Å². The van der Waals surface area contributed by atoms with Gasteiger partial charge in [0.2, 0.25) is 5.95 Å². The van der Waals surface area contributed by atoms with E-state index >= 15 is 0 Å². The Morgan fingerprint density at radius 2 is 1.88 bits per heavy atom. The number of aryl methyl sites for hydroxylation is 1. The summed E-state index contributed by atoms with van der Waals surface area (Å²) in [5.74, 6) is 0.681. The SMILES string of the molecule is CC(=O)[C@@H](OC(C)(C)C)c1c(C)cc2nc(-c3ccnc(N4CCN(C)[C@H](C)C4)n3)sc2c1-c1ccc(Cl)cc1. The maximum absolute atomic E-state index is 13.0. The van der Waals surface area contributed by atoms with Crippen LogP contribution in [0.3, 0.4) is 0 Å². The number of Topliss-reactive ketones (excluding diaryl/α,β-unsaturated/α-hetero) is 1. The number of carbonyl (C=O) groups is 1. The second-order valence-electron chi connectivity index (χ2n) is 11.6. The monoisotopic (exact) mass is 577 g/mol. The number of fused-ring (bicyclic) bond motifs is 1. The fourth-order valence-electron chi connectivity index (χ4n) is 5.11. The highest BCUT2D eigenvalue weighted by Crippen LogP contribution is 2.44. The normalized spacial score (nSPS) is 17.4. The van der Waals surface area contributed by atoms with Crippen LogP contribution in [-0.2, 0) is 9.53 Å². The molecule has 0 aliphatic carbocycles. The van der Waals surface area contributed by atoms with Gasteiger partial charge in [-0.1, -0.05) is 23.7 Å². The van der Waals surface area contributed by atoms with E-state index in [-0.39, 0.29) is 5.78 Å². The van der Waals surface area contributed by atoms with Crippen molar-refractivity contribution in [1.82, 2.24) is 19.9 Å². The van der Waals surface area contributed by atoms with Gasteiger partial charge in [0.1, 0.15) is 16.8 Å². The number of aromatic nitrogens is 3. The first-order chi connectivity index (χ1) is 18.9. The van der Waals surface area contributed by atoms with Gasteiger partial charge >= 0.3 is 0 Å². The van der Waals surface area contributed by atoms with E-state index in [1.54, 1.807) is 18.3 Å². The van der Waals surface area contributed by atoms with Crippen molar-refractivity contribution in [1.29, 1.82) is 0 Å². The summed E-state index contributed by atoms with van der Waals surface area (Å²) in [7, 11) is 2.15. The van der Waals surface area contributed by atoms with E-state index in [9.17, 15) is 4.79 Å². The summed E-state index contributed by atoms with van der Waals surface area (Å²) >= 11 is 7.83. The van der Waals surface area contributed by atoms with Crippen LogP contribution in [0, 0.1) is 6.92 Å². The molecule has 5 rings (SSSR count). The number of hydrogen-bond donors (Lipinski definition) is 0. The molecule has 2 aromatic heterocycles. The summed E-state index contributed by atoms with van der Waals surface area (Å²) in [6.07, 6.45) is 1.09. The molecule has 9 heteroatoms. The van der Waals surface area contributed by atoms with E-state index in [1.807, 2.05) is 64.2 Å². The fraction of sp³-hybridized carbons (Fsp3) is 0.419. The Bertz CT molecular complexity index is 1550. The topological polar surface area (TPSA) is 71.5 Å². The molecule has 0 bridgehead atoms. The van der Waals surface area contributed by atoms with Gasteiger partial charge in [-0.2, -0.15) is 0 Å². The summed E-state index contributed by atoms with van der Waals surface area (Å²) in [5, 5.41) is 1.46. The van der Waals surface area contributed by atoms with Crippen molar-refractivity contribution in [3.8, 4) is 21.8 Å². The molecule has 1 aliphatic heterocycles. The quantitative estimate of drug-likeness (QED) is 0.245. The van der Waals surface area contributed by atoms with Gasteiger partial charge in [-0.3, -0.25) is 4.79 Å². The number of thiazole rings is 1. The molecule has 3 heterocycles. The summed E-state index contributed by atoms with van der Waals surface area (Å²) in [5.41, 5.74) is 4.86. The number of piperazine rings is 1. The van der Waals surface area contributed by atoms with Gasteiger partial charge in [-0.15, -0.1) is 11.3 Å². The zero-order valence-electron chi connectivity index (χ0n) is 24.2. The lowest BCUT2D eigenvalue weighted by molar-refractivity contribution is -0.138. The van der Waals surface area contributed by atoms with Gasteiger partial charge < -0.3 is 14.5 Å². The Labute approximate surface area is 245 Å². The van der Waals surface area contributed by atoms with E-state index in [2.05, 4.69) is 34.8 Å². The number of hydrogen-bond acceptors (Lipinski definition) is 8. The van der Waals surface area contributed by atoms with E-state index in [4.69, 9.17) is 26.3 Å². The van der Waals surface area contributed by atoms with Crippen LogP contribution in [0.1, 0.15) is 51.8 Å². The van der Waals surface area contributed by atoms with Gasteiger partial charge in [-0.05, 0) is 84.0 Å². The van der Waals surface area contributed by atoms with Gasteiger partial charge in [-0.25, -0.2) is 15.0 Å². The maximum Gasteiger partial charge on any atom is 0.226 e. The van der Waals surface area contributed by atoms with E-state index < -0.39 is 11.7 Å². The first kappa shape index (κ1) is 28.6. The summed E-state index contributed by atoms with van der Waals surface area (Å²) in [6, 6.07) is 12.1. The number of nitrogens with zero attached hydrogens (tertiary/aromatic N) is 5. The number of halogens is 1. The molecule has 7 nitrogen and oxygen atoms in total. The molecule has 40 heavy (non-hydrogen) atoms. The first-order valence-electron chi connectivity index (χ1n) is 13.6. The molecule has 0 unspecified atom stereocenters.